The van der Waals surface area contributed by atoms with Crippen LogP contribution in [0.15, 0.2) is 47.8 Å². The molecule has 57 heavy (non-hydrogen) atoms. The second-order valence-corrected chi connectivity index (χ2v) is 18.8. The number of ether oxygens (including phenoxy) is 2. The summed E-state index contributed by atoms with van der Waals surface area (Å²) in [6.45, 7) is 4.20. The number of carbonyl (C=O) groups excluding carboxylic acids is 4. The smallest absolute Gasteiger partial charge is 0.408 e. The van der Waals surface area contributed by atoms with Crippen molar-refractivity contribution in [3.63, 3.8) is 0 Å². The molecule has 2 aliphatic heterocycles. The highest BCUT2D eigenvalue weighted by Crippen LogP contribution is 2.46. The first-order valence-electron chi connectivity index (χ1n) is 20.5. The monoisotopic (exact) mass is 807 g/mol. The van der Waals surface area contributed by atoms with Crippen LogP contribution in [0.4, 0.5) is 4.79 Å². The highest BCUT2D eigenvalue weighted by Gasteiger charge is 2.62. The lowest BCUT2D eigenvalue weighted by Gasteiger charge is -2.32. The van der Waals surface area contributed by atoms with Gasteiger partial charge < -0.3 is 25.0 Å². The molecule has 310 valence electrons. The van der Waals surface area contributed by atoms with Crippen LogP contribution in [0.5, 0.6) is 5.88 Å². The number of aromatic nitrogens is 1. The molecule has 3 N–H and O–H groups in total. The van der Waals surface area contributed by atoms with E-state index in [0.29, 0.717) is 36.0 Å². The third kappa shape index (κ3) is 8.31. The Morgan fingerprint density at radius 1 is 0.912 bits per heavy atom. The average Bonchev–Trinajstić information content (AvgIpc) is 3.96. The fourth-order valence-electron chi connectivity index (χ4n) is 9.64. The number of pyridine rings is 1. The summed E-state index contributed by atoms with van der Waals surface area (Å²) in [6.07, 6.45) is 10.3. The summed E-state index contributed by atoms with van der Waals surface area (Å²) < 4.78 is 42.0. The molecule has 6 aliphatic rings. The molecule has 14 nitrogen and oxygen atoms in total. The first-order valence-corrected chi connectivity index (χ1v) is 22.1. The van der Waals surface area contributed by atoms with Gasteiger partial charge in [0.25, 0.3) is 11.5 Å². The lowest BCUT2D eigenvalue weighted by Crippen LogP contribution is -2.59. The summed E-state index contributed by atoms with van der Waals surface area (Å²) in [5, 5.41) is 6.41. The number of nitrogens with one attached hydrogen (secondary N) is 3. The fourth-order valence-corrected chi connectivity index (χ4v) is 11.0. The molecular formula is C42H57N5O9S. The summed E-state index contributed by atoms with van der Waals surface area (Å²) in [5.74, 6) is -2.07. The third-order valence-electron chi connectivity index (χ3n) is 13.1. The van der Waals surface area contributed by atoms with Gasteiger partial charge in [-0.3, -0.25) is 28.5 Å². The number of rotatable bonds is 7. The zero-order chi connectivity index (χ0) is 39.2. The molecule has 0 radical (unpaired) electrons. The molecule has 2 bridgehead atoms. The lowest BCUT2D eigenvalue weighted by atomic mass is 9.96. The van der Waals surface area contributed by atoms with Crippen LogP contribution in [0, 0.1) is 17.8 Å². The summed E-state index contributed by atoms with van der Waals surface area (Å²) in [4.78, 5) is 71.9. The molecule has 15 heteroatoms. The minimum absolute atomic E-state index is 0. The predicted molar refractivity (Wildman–Crippen MR) is 214 cm³/mol. The Labute approximate surface area is 334 Å². The maximum absolute atomic E-state index is 14.8. The molecule has 0 spiro atoms. The van der Waals surface area contributed by atoms with Crippen molar-refractivity contribution in [2.45, 2.75) is 145 Å². The van der Waals surface area contributed by atoms with Crippen LogP contribution >= 0.6 is 0 Å². The zero-order valence-electron chi connectivity index (χ0n) is 31.8. The molecule has 1 aromatic carbocycles. The van der Waals surface area contributed by atoms with E-state index in [4.69, 9.17) is 9.47 Å². The van der Waals surface area contributed by atoms with Gasteiger partial charge in [0.2, 0.25) is 21.8 Å². The van der Waals surface area contributed by atoms with Gasteiger partial charge >= 0.3 is 6.09 Å². The molecule has 4 aliphatic carbocycles. The van der Waals surface area contributed by atoms with E-state index in [-0.39, 0.29) is 50.3 Å². The highest BCUT2D eigenvalue weighted by atomic mass is 32.2. The number of nitrogens with zero attached hydrogens (tertiary/aromatic N) is 2. The van der Waals surface area contributed by atoms with Crippen molar-refractivity contribution in [1.29, 1.82) is 0 Å². The molecule has 8 rings (SSSR count). The molecule has 1 aromatic heterocycles. The number of amides is 4. The van der Waals surface area contributed by atoms with Crippen molar-refractivity contribution >= 4 is 44.6 Å². The second-order valence-electron chi connectivity index (χ2n) is 16.8. The SMILES string of the molecule is C.C=C[C@@H]1C[C@]1(NC(=O)[C@@H]1C[C@@H]2CN1C(=O)[C@H](C1CCCC1)NC(=O)O[C@@H]1CCC[C@H]1CCCCCn1c(cc3ccccc3c1=O)O2)C(=O)NS(=O)(=O)C1CC1. The number of sulfonamides is 1. The topological polar surface area (TPSA) is 182 Å². The first kappa shape index (κ1) is 40.8. The third-order valence-corrected chi connectivity index (χ3v) is 14.9. The van der Waals surface area contributed by atoms with E-state index in [2.05, 4.69) is 21.9 Å². The summed E-state index contributed by atoms with van der Waals surface area (Å²) >= 11 is 0. The van der Waals surface area contributed by atoms with Gasteiger partial charge in [0.15, 0.2) is 5.88 Å². The summed E-state index contributed by atoms with van der Waals surface area (Å²) in [7, 11) is -3.90. The van der Waals surface area contributed by atoms with Crippen LogP contribution in [0.25, 0.3) is 10.8 Å². The van der Waals surface area contributed by atoms with E-state index in [1.165, 1.54) is 11.0 Å². The fraction of sp³-hybridized carbons (Fsp3) is 0.643. The minimum atomic E-state index is -3.90. The van der Waals surface area contributed by atoms with Gasteiger partial charge in [-0.2, -0.15) is 0 Å². The van der Waals surface area contributed by atoms with Crippen molar-refractivity contribution in [3.8, 4) is 5.88 Å². The normalized spacial score (nSPS) is 31.0. The van der Waals surface area contributed by atoms with E-state index in [1.807, 2.05) is 24.3 Å². The van der Waals surface area contributed by atoms with Crippen molar-refractivity contribution in [2.75, 3.05) is 6.54 Å². The average molecular weight is 808 g/mol. The van der Waals surface area contributed by atoms with Gasteiger partial charge in [-0.15, -0.1) is 6.58 Å². The Kier molecular flexibility index (Phi) is 11.8. The van der Waals surface area contributed by atoms with Crippen LogP contribution in [0.1, 0.15) is 104 Å². The highest BCUT2D eigenvalue weighted by molar-refractivity contribution is 7.91. The van der Waals surface area contributed by atoms with Gasteiger partial charge in [0.05, 0.1) is 11.8 Å². The van der Waals surface area contributed by atoms with E-state index in [9.17, 15) is 32.4 Å². The number of alkyl carbamates (subject to hydrolysis) is 1. The number of fused-ring (bicyclic) bond motifs is 5. The maximum atomic E-state index is 14.8. The van der Waals surface area contributed by atoms with Crippen LogP contribution < -0.4 is 25.7 Å². The molecule has 3 heterocycles. The first-order chi connectivity index (χ1) is 27.0. The largest absolute Gasteiger partial charge is 0.473 e. The minimum Gasteiger partial charge on any atom is -0.473 e. The number of hydrogen-bond acceptors (Lipinski definition) is 9. The Hall–Kier alpha value is -4.40. The van der Waals surface area contributed by atoms with Gasteiger partial charge in [-0.05, 0) is 87.5 Å². The quantitative estimate of drug-likeness (QED) is 0.335. The lowest BCUT2D eigenvalue weighted by molar-refractivity contribution is -0.142. The van der Waals surface area contributed by atoms with Crippen LogP contribution in [0.2, 0.25) is 0 Å². The summed E-state index contributed by atoms with van der Waals surface area (Å²) in [6, 6.07) is 7.06. The van der Waals surface area contributed by atoms with Gasteiger partial charge in [0, 0.05) is 30.3 Å². The Bertz CT molecular complexity index is 2060. The van der Waals surface area contributed by atoms with Crippen molar-refractivity contribution < 1.29 is 37.1 Å². The number of carbonyl (C=O) groups is 4. The molecule has 4 saturated carbocycles. The number of hydrogen-bond donors (Lipinski definition) is 3. The van der Waals surface area contributed by atoms with Crippen LogP contribution in [0.3, 0.4) is 0 Å². The van der Waals surface area contributed by atoms with E-state index >= 15 is 0 Å². The zero-order valence-corrected chi connectivity index (χ0v) is 32.6. The summed E-state index contributed by atoms with van der Waals surface area (Å²) in [5.41, 5.74) is -1.73. The standard InChI is InChI=1S/C41H53N5O9S.CH4/c1-2-28-23-41(28,39(50)44-56(52,53)30-18-19-30)43-36(47)32-22-29-24-46(32)38(49)35(26-12-5-6-13-26)42-40(51)55-33-17-10-15-25(33)11-4-3-9-20-45-34(54-29)21-27-14-7-8-16-31(27)37(45)48;/h2,7-8,14,16,21,25-26,28-30,32-33,35H,1,3-6,9-13,15,17-20,22-24H2,(H,42,51)(H,43,47)(H,44,50);1H4/t25-,28-,29-,32+,33-,35+,41-;/m1./s1. The van der Waals surface area contributed by atoms with Crippen molar-refractivity contribution in [2.24, 2.45) is 17.8 Å². The van der Waals surface area contributed by atoms with Crippen molar-refractivity contribution in [3.05, 3.63) is 53.3 Å². The van der Waals surface area contributed by atoms with Gasteiger partial charge in [0.1, 0.15) is 29.8 Å². The van der Waals surface area contributed by atoms with Crippen LogP contribution in [-0.2, 0) is 35.7 Å². The Balaban J connectivity index is 0.00000496. The van der Waals surface area contributed by atoms with Gasteiger partial charge in [-0.1, -0.05) is 57.4 Å². The molecule has 2 aromatic rings. The van der Waals surface area contributed by atoms with Gasteiger partial charge in [-0.25, -0.2) is 13.2 Å². The molecule has 1 saturated heterocycles. The molecule has 0 unspecified atom stereocenters. The number of benzene rings is 1. The Morgan fingerprint density at radius 3 is 2.37 bits per heavy atom. The maximum Gasteiger partial charge on any atom is 0.408 e. The molecule has 5 fully saturated rings. The molecule has 7 atom stereocenters. The Morgan fingerprint density at radius 2 is 1.63 bits per heavy atom. The second kappa shape index (κ2) is 16.5. The molecular weight excluding hydrogens is 751 g/mol. The van der Waals surface area contributed by atoms with E-state index in [0.717, 1.165) is 70.6 Å². The van der Waals surface area contributed by atoms with Crippen LogP contribution in [-0.4, -0.2) is 83.3 Å². The van der Waals surface area contributed by atoms with E-state index < -0.39 is 68.7 Å². The van der Waals surface area contributed by atoms with E-state index in [1.54, 1.807) is 10.6 Å². The van der Waals surface area contributed by atoms with Crippen molar-refractivity contribution in [1.82, 2.24) is 24.8 Å². The molecule has 4 amide bonds. The predicted octanol–water partition coefficient (Wildman–Crippen LogP) is 4.68.